The highest BCUT2D eigenvalue weighted by Crippen LogP contribution is 2.39. The van der Waals surface area contributed by atoms with Crippen LogP contribution in [-0.2, 0) is 21.1 Å². The van der Waals surface area contributed by atoms with Crippen LogP contribution in [0.25, 0.3) is 0 Å². The molecule has 0 bridgehead atoms. The minimum Gasteiger partial charge on any atom is -0.493 e. The van der Waals surface area contributed by atoms with E-state index in [0.717, 1.165) is 61.5 Å². The van der Waals surface area contributed by atoms with Crippen molar-refractivity contribution in [2.75, 3.05) is 42.4 Å². The Morgan fingerprint density at radius 2 is 2.00 bits per heavy atom. The quantitative estimate of drug-likeness (QED) is 0.519. The first-order valence-electron chi connectivity index (χ1n) is 11.8. The largest absolute Gasteiger partial charge is 0.493 e. The molecule has 0 radical (unpaired) electrons. The van der Waals surface area contributed by atoms with Crippen LogP contribution in [-0.4, -0.2) is 62.5 Å². The number of amides is 1. The van der Waals surface area contributed by atoms with Crippen molar-refractivity contribution in [1.29, 1.82) is 0 Å². The van der Waals surface area contributed by atoms with Gasteiger partial charge in [0.1, 0.15) is 21.4 Å². The standard InChI is InChI=1S/C24H33N5O4S/c1-25-23(30)17-7-9-18(10-8-17)27-24-26-13-11-22(28-24)29-14-12-19-20(29)5-3-6-21(19)33-15-4-16-34(2,31)32/h3,5-6,11,13,17-18H,4,7-10,12,14-16H2,1-2H3,(H,25,30)(H,26,27,28). The number of benzene rings is 1. The highest BCUT2D eigenvalue weighted by molar-refractivity contribution is 7.90. The molecule has 4 rings (SSSR count). The maximum Gasteiger partial charge on any atom is 0.224 e. The maximum absolute atomic E-state index is 11.9. The fourth-order valence-electron chi connectivity index (χ4n) is 4.73. The van der Waals surface area contributed by atoms with Crippen molar-refractivity contribution in [1.82, 2.24) is 15.3 Å². The fraction of sp³-hybridized carbons (Fsp3) is 0.542. The summed E-state index contributed by atoms with van der Waals surface area (Å²) < 4.78 is 28.6. The van der Waals surface area contributed by atoms with Gasteiger partial charge in [-0.3, -0.25) is 4.79 Å². The molecule has 10 heteroatoms. The Bertz CT molecular complexity index is 1120. The Morgan fingerprint density at radius 1 is 1.21 bits per heavy atom. The molecule has 2 aliphatic rings. The molecule has 34 heavy (non-hydrogen) atoms. The van der Waals surface area contributed by atoms with Gasteiger partial charge in [0, 0.05) is 49.3 Å². The minimum absolute atomic E-state index is 0.0965. The maximum atomic E-state index is 11.9. The molecule has 1 fully saturated rings. The van der Waals surface area contributed by atoms with Crippen molar-refractivity contribution in [3.8, 4) is 5.75 Å². The highest BCUT2D eigenvalue weighted by atomic mass is 32.2. The first kappa shape index (κ1) is 24.3. The summed E-state index contributed by atoms with van der Waals surface area (Å²) in [5, 5.41) is 6.20. The van der Waals surface area contributed by atoms with Gasteiger partial charge in [-0.15, -0.1) is 0 Å². The fourth-order valence-corrected chi connectivity index (χ4v) is 5.38. The molecule has 1 amide bonds. The first-order valence-corrected chi connectivity index (χ1v) is 13.9. The summed E-state index contributed by atoms with van der Waals surface area (Å²) in [4.78, 5) is 23.2. The van der Waals surface area contributed by atoms with Crippen LogP contribution in [0.1, 0.15) is 37.7 Å². The molecular formula is C24H33N5O4S. The Kier molecular flexibility index (Phi) is 7.55. The number of hydrogen-bond donors (Lipinski definition) is 2. The van der Waals surface area contributed by atoms with Crippen LogP contribution in [0.2, 0.25) is 0 Å². The second kappa shape index (κ2) is 10.6. The van der Waals surface area contributed by atoms with Gasteiger partial charge < -0.3 is 20.3 Å². The number of nitrogens with one attached hydrogen (secondary N) is 2. The van der Waals surface area contributed by atoms with E-state index in [0.29, 0.717) is 19.0 Å². The second-order valence-electron chi connectivity index (χ2n) is 9.03. The van der Waals surface area contributed by atoms with Gasteiger partial charge in [0.05, 0.1) is 12.4 Å². The van der Waals surface area contributed by atoms with Crippen molar-refractivity contribution < 1.29 is 17.9 Å². The lowest BCUT2D eigenvalue weighted by Gasteiger charge is -2.28. The zero-order valence-corrected chi connectivity index (χ0v) is 20.6. The number of anilines is 3. The third-order valence-electron chi connectivity index (χ3n) is 6.50. The average Bonchev–Trinajstić information content (AvgIpc) is 3.26. The second-order valence-corrected chi connectivity index (χ2v) is 11.3. The minimum atomic E-state index is -2.98. The molecule has 2 heterocycles. The number of sulfone groups is 1. The number of ether oxygens (including phenoxy) is 1. The molecule has 0 spiro atoms. The molecule has 0 unspecified atom stereocenters. The number of fused-ring (bicyclic) bond motifs is 1. The van der Waals surface area contributed by atoms with E-state index in [-0.39, 0.29) is 23.6 Å². The molecule has 1 saturated carbocycles. The van der Waals surface area contributed by atoms with Gasteiger partial charge in [-0.1, -0.05) is 6.07 Å². The van der Waals surface area contributed by atoms with Gasteiger partial charge in [-0.25, -0.2) is 13.4 Å². The number of carbonyl (C=O) groups is 1. The van der Waals surface area contributed by atoms with Crippen molar-refractivity contribution in [3.63, 3.8) is 0 Å². The predicted molar refractivity (Wildman–Crippen MR) is 132 cm³/mol. The lowest BCUT2D eigenvalue weighted by Crippen LogP contribution is -2.34. The van der Waals surface area contributed by atoms with Crippen LogP contribution in [0.4, 0.5) is 17.5 Å². The van der Waals surface area contributed by atoms with Crippen LogP contribution < -0.4 is 20.3 Å². The molecule has 2 N–H and O–H groups in total. The summed E-state index contributed by atoms with van der Waals surface area (Å²) in [6.45, 7) is 1.15. The molecule has 0 atom stereocenters. The van der Waals surface area contributed by atoms with Crippen LogP contribution in [0.15, 0.2) is 30.5 Å². The Balaban J connectivity index is 1.39. The summed E-state index contributed by atoms with van der Waals surface area (Å²) in [6.07, 6.45) is 7.87. The topological polar surface area (TPSA) is 114 Å². The van der Waals surface area contributed by atoms with E-state index < -0.39 is 9.84 Å². The highest BCUT2D eigenvalue weighted by Gasteiger charge is 2.27. The SMILES string of the molecule is CNC(=O)C1CCC(Nc2nccc(N3CCc4c(OCCCS(C)(=O)=O)cccc43)n2)CC1. The van der Waals surface area contributed by atoms with Gasteiger partial charge in [0.25, 0.3) is 0 Å². The van der Waals surface area contributed by atoms with Gasteiger partial charge in [-0.05, 0) is 56.7 Å². The molecular weight excluding hydrogens is 454 g/mol. The molecule has 0 saturated heterocycles. The third kappa shape index (κ3) is 5.97. The number of rotatable bonds is 9. The zero-order chi connectivity index (χ0) is 24.1. The van der Waals surface area contributed by atoms with Crippen molar-refractivity contribution in [3.05, 3.63) is 36.0 Å². The monoisotopic (exact) mass is 487 g/mol. The van der Waals surface area contributed by atoms with E-state index in [1.807, 2.05) is 18.2 Å². The molecule has 9 nitrogen and oxygen atoms in total. The van der Waals surface area contributed by atoms with Gasteiger partial charge in [-0.2, -0.15) is 4.98 Å². The van der Waals surface area contributed by atoms with Crippen LogP contribution in [0.3, 0.4) is 0 Å². The molecule has 184 valence electrons. The Hall–Kier alpha value is -2.88. The molecule has 1 aliphatic carbocycles. The summed E-state index contributed by atoms with van der Waals surface area (Å²) in [5.41, 5.74) is 2.17. The Morgan fingerprint density at radius 3 is 2.74 bits per heavy atom. The van der Waals surface area contributed by atoms with Gasteiger partial charge >= 0.3 is 0 Å². The summed E-state index contributed by atoms with van der Waals surface area (Å²) in [7, 11) is -1.29. The van der Waals surface area contributed by atoms with E-state index in [1.165, 1.54) is 6.26 Å². The molecule has 2 aromatic rings. The van der Waals surface area contributed by atoms with E-state index in [1.54, 1.807) is 13.2 Å². The van der Waals surface area contributed by atoms with Crippen LogP contribution >= 0.6 is 0 Å². The van der Waals surface area contributed by atoms with Gasteiger partial charge in [0.15, 0.2) is 0 Å². The normalized spacial score (nSPS) is 20.0. The van der Waals surface area contributed by atoms with Crippen molar-refractivity contribution in [2.45, 2.75) is 44.6 Å². The number of hydrogen-bond acceptors (Lipinski definition) is 8. The van der Waals surface area contributed by atoms with E-state index in [9.17, 15) is 13.2 Å². The number of nitrogens with zero attached hydrogens (tertiary/aromatic N) is 3. The summed E-state index contributed by atoms with van der Waals surface area (Å²) >= 11 is 0. The lowest BCUT2D eigenvalue weighted by molar-refractivity contribution is -0.125. The van der Waals surface area contributed by atoms with E-state index in [2.05, 4.69) is 26.6 Å². The van der Waals surface area contributed by atoms with E-state index >= 15 is 0 Å². The van der Waals surface area contributed by atoms with E-state index in [4.69, 9.17) is 9.72 Å². The predicted octanol–water partition coefficient (Wildman–Crippen LogP) is 2.70. The number of carbonyl (C=O) groups excluding carboxylic acids is 1. The first-order chi connectivity index (χ1) is 16.3. The van der Waals surface area contributed by atoms with Crippen LogP contribution in [0.5, 0.6) is 5.75 Å². The third-order valence-corrected chi connectivity index (χ3v) is 7.53. The van der Waals surface area contributed by atoms with Crippen LogP contribution in [0, 0.1) is 5.92 Å². The molecule has 1 aromatic carbocycles. The zero-order valence-electron chi connectivity index (χ0n) is 19.8. The molecule has 1 aromatic heterocycles. The smallest absolute Gasteiger partial charge is 0.224 e. The summed E-state index contributed by atoms with van der Waals surface area (Å²) in [5.74, 6) is 2.57. The lowest BCUT2D eigenvalue weighted by atomic mass is 9.85. The van der Waals surface area contributed by atoms with Crippen molar-refractivity contribution >= 4 is 33.2 Å². The summed E-state index contributed by atoms with van der Waals surface area (Å²) in [6, 6.07) is 8.11. The van der Waals surface area contributed by atoms with Gasteiger partial charge in [0.2, 0.25) is 11.9 Å². The average molecular weight is 488 g/mol. The number of aromatic nitrogens is 2. The van der Waals surface area contributed by atoms with Crippen molar-refractivity contribution in [2.24, 2.45) is 5.92 Å². The molecule has 1 aliphatic heterocycles. The Labute approximate surface area is 201 Å².